The van der Waals surface area contributed by atoms with Crippen molar-refractivity contribution in [2.75, 3.05) is 6.54 Å². The molecule has 0 aliphatic rings. The van der Waals surface area contributed by atoms with E-state index in [1.807, 2.05) is 6.92 Å². The highest BCUT2D eigenvalue weighted by molar-refractivity contribution is 7.89. The van der Waals surface area contributed by atoms with Crippen molar-refractivity contribution in [3.63, 3.8) is 0 Å². The van der Waals surface area contributed by atoms with Crippen molar-refractivity contribution in [2.45, 2.75) is 31.3 Å². The average Bonchev–Trinajstić information content (AvgIpc) is 3.03. The normalized spacial score (nSPS) is 11.9. The van der Waals surface area contributed by atoms with Crippen molar-refractivity contribution in [2.24, 2.45) is 5.73 Å². The number of aromatic nitrogens is 3. The second-order valence-corrected chi connectivity index (χ2v) is 6.97. The fraction of sp³-hybridized carbons (Fsp3) is 0.455. The van der Waals surface area contributed by atoms with E-state index in [2.05, 4.69) is 14.8 Å². The van der Waals surface area contributed by atoms with Gasteiger partial charge < -0.3 is 5.73 Å². The molecule has 0 saturated heterocycles. The molecule has 0 unspecified atom stereocenters. The lowest BCUT2D eigenvalue weighted by atomic mass is 10.4. The number of hydrogen-bond donors (Lipinski definition) is 2. The third kappa shape index (κ3) is 3.63. The van der Waals surface area contributed by atoms with Gasteiger partial charge >= 0.3 is 0 Å². The van der Waals surface area contributed by atoms with Crippen molar-refractivity contribution < 1.29 is 8.42 Å². The summed E-state index contributed by atoms with van der Waals surface area (Å²) in [7, 11) is -3.54. The van der Waals surface area contributed by atoms with E-state index in [1.54, 1.807) is 10.2 Å². The van der Waals surface area contributed by atoms with Crippen LogP contribution in [0.3, 0.4) is 0 Å². The summed E-state index contributed by atoms with van der Waals surface area (Å²) < 4.78 is 28.4. The molecule has 3 N–H and O–H groups in total. The molecule has 0 amide bonds. The van der Waals surface area contributed by atoms with Crippen molar-refractivity contribution in [3.8, 4) is 0 Å². The molecule has 2 heterocycles. The molecule has 0 atom stereocenters. The van der Waals surface area contributed by atoms with Gasteiger partial charge in [0, 0.05) is 24.2 Å². The zero-order valence-corrected chi connectivity index (χ0v) is 12.7. The Morgan fingerprint density at radius 1 is 1.50 bits per heavy atom. The minimum Gasteiger partial charge on any atom is -0.330 e. The Morgan fingerprint density at radius 3 is 2.95 bits per heavy atom. The summed E-state index contributed by atoms with van der Waals surface area (Å²) in [4.78, 5) is 5.15. The highest BCUT2D eigenvalue weighted by atomic mass is 32.2. The van der Waals surface area contributed by atoms with Crippen LogP contribution in [0.15, 0.2) is 22.8 Å². The molecule has 20 heavy (non-hydrogen) atoms. The summed E-state index contributed by atoms with van der Waals surface area (Å²) in [5.41, 5.74) is 7.95. The third-order valence-electron chi connectivity index (χ3n) is 2.78. The van der Waals surface area contributed by atoms with Gasteiger partial charge in [-0.2, -0.15) is 5.10 Å². The molecule has 0 aliphatic heterocycles. The predicted molar refractivity (Wildman–Crippen MR) is 76.8 cm³/mol. The van der Waals surface area contributed by atoms with Crippen molar-refractivity contribution >= 4 is 21.4 Å². The highest BCUT2D eigenvalue weighted by Crippen LogP contribution is 2.14. The lowest BCUT2D eigenvalue weighted by Gasteiger charge is -2.03. The number of nitrogens with one attached hydrogen (secondary N) is 1. The molecule has 2 aromatic heterocycles. The van der Waals surface area contributed by atoms with Gasteiger partial charge in [0.05, 0.1) is 17.4 Å². The van der Waals surface area contributed by atoms with Gasteiger partial charge in [-0.3, -0.25) is 4.68 Å². The second kappa shape index (κ2) is 6.44. The molecule has 0 radical (unpaired) electrons. The van der Waals surface area contributed by atoms with Crippen LogP contribution in [0.1, 0.15) is 17.0 Å². The summed E-state index contributed by atoms with van der Waals surface area (Å²) in [5, 5.41) is 4.01. The Hall–Kier alpha value is -1.29. The number of thiazole rings is 1. The molecule has 7 nitrogen and oxygen atoms in total. The first-order chi connectivity index (χ1) is 9.53. The van der Waals surface area contributed by atoms with Crippen LogP contribution in [0.5, 0.6) is 0 Å². The van der Waals surface area contributed by atoms with Crippen molar-refractivity contribution in [3.05, 3.63) is 28.5 Å². The quantitative estimate of drug-likeness (QED) is 0.773. The van der Waals surface area contributed by atoms with Gasteiger partial charge in [0.15, 0.2) is 0 Å². The van der Waals surface area contributed by atoms with Crippen molar-refractivity contribution in [1.82, 2.24) is 19.5 Å². The SMILES string of the molecule is Cc1ncsc1CNS(=O)(=O)c1cnn(CCCN)c1. The Bertz CT molecular complexity index is 662. The zero-order valence-electron chi connectivity index (χ0n) is 11.1. The molecule has 2 rings (SSSR count). The monoisotopic (exact) mass is 315 g/mol. The second-order valence-electron chi connectivity index (χ2n) is 4.27. The van der Waals surface area contributed by atoms with Gasteiger partial charge in [-0.05, 0) is 19.9 Å². The van der Waals surface area contributed by atoms with E-state index in [-0.39, 0.29) is 11.4 Å². The molecule has 0 aliphatic carbocycles. The third-order valence-corrected chi connectivity index (χ3v) is 5.07. The van der Waals surface area contributed by atoms with Gasteiger partial charge in [-0.1, -0.05) is 0 Å². The highest BCUT2D eigenvalue weighted by Gasteiger charge is 2.17. The number of nitrogens with two attached hydrogens (primary N) is 1. The van der Waals surface area contributed by atoms with Crippen LogP contribution in [0.2, 0.25) is 0 Å². The van der Waals surface area contributed by atoms with Gasteiger partial charge in [0.25, 0.3) is 0 Å². The number of hydrogen-bond acceptors (Lipinski definition) is 6. The summed E-state index contributed by atoms with van der Waals surface area (Å²) in [6, 6.07) is 0. The van der Waals surface area contributed by atoms with Crippen LogP contribution in [0, 0.1) is 6.92 Å². The standard InChI is InChI=1S/C11H17N5O2S2/c1-9-11(19-8-13-9)6-15-20(17,18)10-5-14-16(7-10)4-2-3-12/h5,7-8,15H,2-4,6,12H2,1H3. The fourth-order valence-electron chi connectivity index (χ4n) is 1.60. The van der Waals surface area contributed by atoms with Crippen LogP contribution in [0.25, 0.3) is 0 Å². The molecule has 0 spiro atoms. The molecule has 0 saturated carbocycles. The van der Waals surface area contributed by atoms with Crippen LogP contribution < -0.4 is 10.5 Å². The van der Waals surface area contributed by atoms with Crippen LogP contribution in [-0.4, -0.2) is 29.7 Å². The first-order valence-corrected chi connectivity index (χ1v) is 8.50. The van der Waals surface area contributed by atoms with E-state index in [4.69, 9.17) is 5.73 Å². The first-order valence-electron chi connectivity index (χ1n) is 6.14. The Balaban J connectivity index is 2.03. The average molecular weight is 315 g/mol. The Kier molecular flexibility index (Phi) is 4.86. The predicted octanol–water partition coefficient (Wildman–Crippen LogP) is 0.475. The minimum absolute atomic E-state index is 0.164. The molecule has 9 heteroatoms. The molecular formula is C11H17N5O2S2. The van der Waals surface area contributed by atoms with E-state index in [0.717, 1.165) is 17.0 Å². The number of nitrogens with zero attached hydrogens (tertiary/aromatic N) is 3. The summed E-state index contributed by atoms with van der Waals surface area (Å²) in [6.07, 6.45) is 3.62. The lowest BCUT2D eigenvalue weighted by molar-refractivity contribution is 0.576. The minimum atomic E-state index is -3.54. The molecule has 0 aromatic carbocycles. The fourth-order valence-corrected chi connectivity index (χ4v) is 3.35. The summed E-state index contributed by atoms with van der Waals surface area (Å²) in [6.45, 7) is 3.25. The summed E-state index contributed by atoms with van der Waals surface area (Å²) >= 11 is 1.43. The molecule has 0 fully saturated rings. The largest absolute Gasteiger partial charge is 0.330 e. The van der Waals surface area contributed by atoms with Gasteiger partial charge in [-0.25, -0.2) is 18.1 Å². The van der Waals surface area contributed by atoms with Crippen LogP contribution in [-0.2, 0) is 23.1 Å². The number of aryl methyl sites for hydroxylation is 2. The van der Waals surface area contributed by atoms with Crippen molar-refractivity contribution in [1.29, 1.82) is 0 Å². The number of sulfonamides is 1. The maximum Gasteiger partial charge on any atom is 0.244 e. The molecular weight excluding hydrogens is 298 g/mol. The Morgan fingerprint density at radius 2 is 2.30 bits per heavy atom. The Labute approximate surface area is 121 Å². The topological polar surface area (TPSA) is 103 Å². The van der Waals surface area contributed by atoms with E-state index in [9.17, 15) is 8.42 Å². The smallest absolute Gasteiger partial charge is 0.244 e. The molecule has 0 bridgehead atoms. The number of rotatable bonds is 7. The maximum atomic E-state index is 12.1. The first kappa shape index (κ1) is 15.1. The molecule has 110 valence electrons. The van der Waals surface area contributed by atoms with Gasteiger partial charge in [0.2, 0.25) is 10.0 Å². The van der Waals surface area contributed by atoms with E-state index in [1.165, 1.54) is 23.7 Å². The van der Waals surface area contributed by atoms with E-state index >= 15 is 0 Å². The lowest BCUT2D eigenvalue weighted by Crippen LogP contribution is -2.22. The van der Waals surface area contributed by atoms with E-state index < -0.39 is 10.0 Å². The maximum absolute atomic E-state index is 12.1. The van der Waals surface area contributed by atoms with Crippen LogP contribution >= 0.6 is 11.3 Å². The van der Waals surface area contributed by atoms with Gasteiger partial charge in [-0.15, -0.1) is 11.3 Å². The summed E-state index contributed by atoms with van der Waals surface area (Å²) in [5.74, 6) is 0. The van der Waals surface area contributed by atoms with Gasteiger partial charge in [0.1, 0.15) is 4.90 Å². The molecule has 2 aromatic rings. The van der Waals surface area contributed by atoms with Crippen LogP contribution in [0.4, 0.5) is 0 Å². The van der Waals surface area contributed by atoms with E-state index in [0.29, 0.717) is 13.1 Å². The zero-order chi connectivity index (χ0) is 14.6.